The van der Waals surface area contributed by atoms with Gasteiger partial charge in [0.25, 0.3) is 0 Å². The van der Waals surface area contributed by atoms with Crippen molar-refractivity contribution in [3.63, 3.8) is 0 Å². The van der Waals surface area contributed by atoms with Crippen LogP contribution >= 0.6 is 22.5 Å². The number of pyridine rings is 1. The number of carbonyl (C=O) groups excluding carboxylic acids is 1. The topological polar surface area (TPSA) is 62.1 Å². The molecule has 9 heteroatoms. The van der Waals surface area contributed by atoms with Crippen molar-refractivity contribution < 1.29 is 9.53 Å². The number of piperidine rings is 1. The highest BCUT2D eigenvalue weighted by Crippen LogP contribution is 2.41. The van der Waals surface area contributed by atoms with Crippen LogP contribution in [0.5, 0.6) is 5.75 Å². The van der Waals surface area contributed by atoms with Crippen molar-refractivity contribution in [3.8, 4) is 17.0 Å². The first kappa shape index (κ1) is 26.3. The molecule has 3 heterocycles. The number of benzene rings is 2. The molecular formula is C29H33N5O2S2. The highest BCUT2D eigenvalue weighted by molar-refractivity contribution is 8.68. The van der Waals surface area contributed by atoms with E-state index in [2.05, 4.69) is 33.6 Å². The van der Waals surface area contributed by atoms with Crippen LogP contribution in [0.3, 0.4) is 0 Å². The molecule has 2 amide bonds. The lowest BCUT2D eigenvalue weighted by atomic mass is 9.80. The van der Waals surface area contributed by atoms with Crippen molar-refractivity contribution in [2.24, 2.45) is 0 Å². The molecule has 2 aromatic carbocycles. The molecule has 0 radical (unpaired) electrons. The summed E-state index contributed by atoms with van der Waals surface area (Å²) in [4.78, 5) is 22.6. The predicted molar refractivity (Wildman–Crippen MR) is 161 cm³/mol. The monoisotopic (exact) mass is 547 g/mol. The van der Waals surface area contributed by atoms with E-state index in [9.17, 15) is 4.79 Å². The van der Waals surface area contributed by atoms with E-state index in [1.54, 1.807) is 7.11 Å². The van der Waals surface area contributed by atoms with E-state index < -0.39 is 0 Å². The third kappa shape index (κ3) is 5.05. The maximum absolute atomic E-state index is 13.4. The zero-order valence-electron chi connectivity index (χ0n) is 21.9. The maximum atomic E-state index is 13.4. The molecule has 198 valence electrons. The molecule has 1 atom stereocenters. The van der Waals surface area contributed by atoms with Gasteiger partial charge < -0.3 is 24.3 Å². The maximum Gasteiger partial charge on any atom is 0.321 e. The van der Waals surface area contributed by atoms with E-state index in [-0.39, 0.29) is 11.4 Å². The molecule has 7 nitrogen and oxygen atoms in total. The number of hydrogen-bond acceptors (Lipinski definition) is 6. The minimum Gasteiger partial charge on any atom is -0.496 e. The van der Waals surface area contributed by atoms with Crippen LogP contribution in [-0.4, -0.2) is 60.4 Å². The standard InChI is InChI=1S/C29H33N5O2S2/c1-32(2)22-14-12-21(13-15-22)30-28(35)33-17-8-16-29(19-33,20-38-37)27-31-26(24-10-6-7-18-34(24)27)23-9-4-5-11-25(23)36-3/h4-7,9-15,18,37H,8,16-17,19-20H2,1-3H3,(H,30,35)/t29-/m0/s1. The Morgan fingerprint density at radius 2 is 1.89 bits per heavy atom. The van der Waals surface area contributed by atoms with E-state index in [1.165, 1.54) is 10.8 Å². The number of ether oxygens (including phenoxy) is 1. The second kappa shape index (κ2) is 11.2. The molecule has 38 heavy (non-hydrogen) atoms. The summed E-state index contributed by atoms with van der Waals surface area (Å²) in [6.07, 6.45) is 3.86. The van der Waals surface area contributed by atoms with E-state index in [0.29, 0.717) is 13.1 Å². The Bertz CT molecular complexity index is 1420. The number of likely N-dealkylation sites (tertiary alicyclic amines) is 1. The Morgan fingerprint density at radius 3 is 2.63 bits per heavy atom. The van der Waals surface area contributed by atoms with Crippen molar-refractivity contribution in [3.05, 3.63) is 78.8 Å². The van der Waals surface area contributed by atoms with Crippen molar-refractivity contribution in [1.29, 1.82) is 0 Å². The molecule has 2 aromatic heterocycles. The molecular weight excluding hydrogens is 514 g/mol. The second-order valence-electron chi connectivity index (χ2n) is 9.89. The zero-order valence-corrected chi connectivity index (χ0v) is 23.6. The van der Waals surface area contributed by atoms with E-state index in [1.807, 2.05) is 84.6 Å². The summed E-state index contributed by atoms with van der Waals surface area (Å²) in [5.74, 6) is 2.46. The van der Waals surface area contributed by atoms with Gasteiger partial charge in [-0.1, -0.05) is 29.0 Å². The summed E-state index contributed by atoms with van der Waals surface area (Å²) in [5, 5.41) is 3.09. The lowest BCUT2D eigenvalue weighted by Crippen LogP contribution is -2.51. The Hall–Kier alpha value is -3.30. The lowest BCUT2D eigenvalue weighted by Gasteiger charge is -2.41. The summed E-state index contributed by atoms with van der Waals surface area (Å²) in [5.41, 5.74) is 4.35. The SMILES string of the molecule is COc1ccccc1-c1nc([C@@]2(CSS)CCCN(C(=O)Nc3ccc(N(C)C)cc3)C2)n2ccccc12. The molecule has 1 aliphatic rings. The van der Waals surface area contributed by atoms with Gasteiger partial charge in [0.1, 0.15) is 17.3 Å². The largest absolute Gasteiger partial charge is 0.496 e. The number of carbonyl (C=O) groups is 1. The normalized spacial score (nSPS) is 17.4. The number of anilines is 2. The predicted octanol–water partition coefficient (Wildman–Crippen LogP) is 6.22. The minimum absolute atomic E-state index is 0.0957. The number of nitrogens with zero attached hydrogens (tertiary/aromatic N) is 4. The van der Waals surface area contributed by atoms with Crippen molar-refractivity contribution >= 4 is 45.4 Å². The number of rotatable bonds is 7. The Balaban J connectivity index is 1.50. The van der Waals surface area contributed by atoms with Crippen LogP contribution in [0.25, 0.3) is 16.8 Å². The molecule has 0 saturated carbocycles. The van der Waals surface area contributed by atoms with Gasteiger partial charge in [-0.25, -0.2) is 9.78 Å². The fourth-order valence-corrected chi connectivity index (χ4v) is 6.64. The number of hydrogen-bond donors (Lipinski definition) is 2. The van der Waals surface area contributed by atoms with Crippen LogP contribution in [0.2, 0.25) is 0 Å². The summed E-state index contributed by atoms with van der Waals surface area (Å²) in [6, 6.07) is 21.9. The summed E-state index contributed by atoms with van der Waals surface area (Å²) < 4.78 is 7.85. The lowest BCUT2D eigenvalue weighted by molar-refractivity contribution is 0.165. The highest BCUT2D eigenvalue weighted by atomic mass is 33.1. The number of aromatic nitrogens is 2. The molecule has 1 aliphatic heterocycles. The van der Waals surface area contributed by atoms with E-state index in [0.717, 1.165) is 58.3 Å². The van der Waals surface area contributed by atoms with Crippen LogP contribution in [0.1, 0.15) is 18.7 Å². The van der Waals surface area contributed by atoms with Crippen LogP contribution in [0.4, 0.5) is 16.2 Å². The number of thiol groups is 1. The average Bonchev–Trinajstić information content (AvgIpc) is 3.34. The summed E-state index contributed by atoms with van der Waals surface area (Å²) in [7, 11) is 7.18. The van der Waals surface area contributed by atoms with Gasteiger partial charge in [0.15, 0.2) is 0 Å². The van der Waals surface area contributed by atoms with Gasteiger partial charge in [0, 0.05) is 56.1 Å². The molecule has 5 rings (SSSR count). The number of nitrogens with one attached hydrogen (secondary N) is 1. The first-order valence-electron chi connectivity index (χ1n) is 12.7. The first-order chi connectivity index (χ1) is 18.5. The smallest absolute Gasteiger partial charge is 0.321 e. The zero-order chi connectivity index (χ0) is 26.7. The quantitative estimate of drug-likeness (QED) is 0.213. The minimum atomic E-state index is -0.360. The number of fused-ring (bicyclic) bond motifs is 1. The average molecular weight is 548 g/mol. The van der Waals surface area contributed by atoms with Crippen molar-refractivity contribution in [1.82, 2.24) is 14.3 Å². The number of amides is 2. The Morgan fingerprint density at radius 1 is 1.13 bits per heavy atom. The van der Waals surface area contributed by atoms with Gasteiger partial charge >= 0.3 is 6.03 Å². The fraction of sp³-hybridized carbons (Fsp3) is 0.310. The molecule has 0 unspecified atom stereocenters. The van der Waals surface area contributed by atoms with Crippen molar-refractivity contribution in [2.75, 3.05) is 50.3 Å². The fourth-order valence-electron chi connectivity index (χ4n) is 5.29. The van der Waals surface area contributed by atoms with Crippen LogP contribution in [0.15, 0.2) is 72.9 Å². The van der Waals surface area contributed by atoms with Crippen LogP contribution < -0.4 is 15.0 Å². The van der Waals surface area contributed by atoms with Crippen LogP contribution in [0, 0.1) is 0 Å². The third-order valence-corrected chi connectivity index (χ3v) is 8.29. The van der Waals surface area contributed by atoms with E-state index in [4.69, 9.17) is 9.72 Å². The Kier molecular flexibility index (Phi) is 7.76. The summed E-state index contributed by atoms with van der Waals surface area (Å²) in [6.45, 7) is 1.25. The number of imidazole rings is 1. The first-order valence-corrected chi connectivity index (χ1v) is 14.7. The van der Waals surface area contributed by atoms with Gasteiger partial charge in [0.05, 0.1) is 18.0 Å². The third-order valence-electron chi connectivity index (χ3n) is 7.22. The summed E-state index contributed by atoms with van der Waals surface area (Å²) >= 11 is 4.56. The molecule has 1 N–H and O–H groups in total. The number of para-hydroxylation sites is 1. The van der Waals surface area contributed by atoms with Gasteiger partial charge in [-0.3, -0.25) is 0 Å². The molecule has 0 spiro atoms. The van der Waals surface area contributed by atoms with Gasteiger partial charge in [-0.05, 0) is 61.4 Å². The van der Waals surface area contributed by atoms with Gasteiger partial charge in [-0.15, -0.1) is 11.7 Å². The highest BCUT2D eigenvalue weighted by Gasteiger charge is 2.42. The molecule has 4 aromatic rings. The number of urea groups is 1. The van der Waals surface area contributed by atoms with Gasteiger partial charge in [-0.2, -0.15) is 0 Å². The molecule has 0 aliphatic carbocycles. The molecule has 1 fully saturated rings. The van der Waals surface area contributed by atoms with Crippen LogP contribution in [-0.2, 0) is 5.41 Å². The second-order valence-corrected chi connectivity index (χ2v) is 11.2. The Labute approximate surface area is 233 Å². The van der Waals surface area contributed by atoms with Crippen molar-refractivity contribution in [2.45, 2.75) is 18.3 Å². The molecule has 0 bridgehead atoms. The molecule has 1 saturated heterocycles. The number of methoxy groups -OCH3 is 1. The van der Waals surface area contributed by atoms with E-state index >= 15 is 0 Å². The van der Waals surface area contributed by atoms with Gasteiger partial charge in [0.2, 0.25) is 0 Å².